The van der Waals surface area contributed by atoms with Gasteiger partial charge in [-0.05, 0) is 31.5 Å². The minimum atomic E-state index is -0.290. The second kappa shape index (κ2) is 5.30. The molecule has 0 saturated heterocycles. The maximum atomic E-state index is 12.7. The van der Waals surface area contributed by atoms with Crippen molar-refractivity contribution in [2.75, 3.05) is 0 Å². The third kappa shape index (κ3) is 2.37. The van der Waals surface area contributed by atoms with Gasteiger partial charge < -0.3 is 0 Å². The lowest BCUT2D eigenvalue weighted by Gasteiger charge is -2.11. The van der Waals surface area contributed by atoms with Crippen LogP contribution in [0.15, 0.2) is 52.1 Å². The third-order valence-electron chi connectivity index (χ3n) is 3.97. The Morgan fingerprint density at radius 3 is 2.23 bits per heavy atom. The second-order valence-electron chi connectivity index (χ2n) is 5.74. The molecule has 0 atom stereocenters. The summed E-state index contributed by atoms with van der Waals surface area (Å²) in [6.45, 7) is 4.23. The molecule has 112 valence electrons. The molecular formula is C18H18N2O2. The molecule has 1 aromatic heterocycles. The van der Waals surface area contributed by atoms with Crippen LogP contribution in [-0.2, 0) is 13.6 Å². The van der Waals surface area contributed by atoms with E-state index in [1.165, 1.54) is 9.13 Å². The summed E-state index contributed by atoms with van der Waals surface area (Å²) in [5.41, 5.74) is 3.24. The van der Waals surface area contributed by atoms with Crippen molar-refractivity contribution in [1.29, 1.82) is 0 Å². The zero-order chi connectivity index (χ0) is 15.9. The lowest BCUT2D eigenvalue weighted by Crippen LogP contribution is -2.39. The Hall–Kier alpha value is -2.62. The molecule has 0 aliphatic rings. The van der Waals surface area contributed by atoms with Crippen molar-refractivity contribution in [2.45, 2.75) is 20.4 Å². The van der Waals surface area contributed by atoms with Gasteiger partial charge in [-0.2, -0.15) is 0 Å². The van der Waals surface area contributed by atoms with Gasteiger partial charge in [0.25, 0.3) is 5.56 Å². The van der Waals surface area contributed by atoms with Crippen LogP contribution in [0.3, 0.4) is 0 Å². The van der Waals surface area contributed by atoms with Crippen molar-refractivity contribution in [3.63, 3.8) is 0 Å². The minimum absolute atomic E-state index is 0.234. The maximum Gasteiger partial charge on any atom is 0.331 e. The van der Waals surface area contributed by atoms with E-state index in [-0.39, 0.29) is 17.8 Å². The molecule has 0 unspecified atom stereocenters. The molecule has 0 N–H and O–H groups in total. The third-order valence-corrected chi connectivity index (χ3v) is 3.97. The monoisotopic (exact) mass is 294 g/mol. The van der Waals surface area contributed by atoms with Crippen LogP contribution in [0.2, 0.25) is 0 Å². The molecule has 0 aliphatic heterocycles. The molecule has 3 rings (SSSR count). The van der Waals surface area contributed by atoms with Crippen LogP contribution in [0.1, 0.15) is 16.7 Å². The van der Waals surface area contributed by atoms with Crippen molar-refractivity contribution in [3.8, 4) is 0 Å². The first kappa shape index (κ1) is 14.3. The van der Waals surface area contributed by atoms with Crippen molar-refractivity contribution < 1.29 is 0 Å². The van der Waals surface area contributed by atoms with E-state index in [0.717, 1.165) is 16.7 Å². The van der Waals surface area contributed by atoms with Crippen LogP contribution in [0.5, 0.6) is 0 Å². The Morgan fingerprint density at radius 2 is 1.55 bits per heavy atom. The van der Waals surface area contributed by atoms with Crippen molar-refractivity contribution >= 4 is 10.9 Å². The summed E-state index contributed by atoms with van der Waals surface area (Å²) in [4.78, 5) is 25.2. The Morgan fingerprint density at radius 1 is 0.909 bits per heavy atom. The summed E-state index contributed by atoms with van der Waals surface area (Å²) in [5.74, 6) is 0. The molecule has 0 amide bonds. The molecule has 4 heteroatoms. The predicted molar refractivity (Wildman–Crippen MR) is 88.5 cm³/mol. The van der Waals surface area contributed by atoms with Crippen LogP contribution in [-0.4, -0.2) is 9.13 Å². The van der Waals surface area contributed by atoms with Gasteiger partial charge in [0.15, 0.2) is 0 Å². The highest BCUT2D eigenvalue weighted by Crippen LogP contribution is 2.10. The quantitative estimate of drug-likeness (QED) is 0.728. The van der Waals surface area contributed by atoms with Crippen molar-refractivity contribution in [1.82, 2.24) is 9.13 Å². The van der Waals surface area contributed by atoms with Gasteiger partial charge in [0.1, 0.15) is 0 Å². The zero-order valence-corrected chi connectivity index (χ0v) is 13.0. The number of rotatable bonds is 2. The number of fused-ring (bicyclic) bond motifs is 1. The average molecular weight is 294 g/mol. The maximum absolute atomic E-state index is 12.7. The molecule has 2 aromatic carbocycles. The first-order valence-electron chi connectivity index (χ1n) is 7.23. The van der Waals surface area contributed by atoms with E-state index in [9.17, 15) is 9.59 Å². The Bertz CT molecular complexity index is 963. The van der Waals surface area contributed by atoms with E-state index in [0.29, 0.717) is 10.9 Å². The fraction of sp³-hybridized carbons (Fsp3) is 0.222. The summed E-state index contributed by atoms with van der Waals surface area (Å²) in [7, 11) is 1.70. The zero-order valence-electron chi connectivity index (χ0n) is 13.0. The summed E-state index contributed by atoms with van der Waals surface area (Å²) in [6.07, 6.45) is 0. The van der Waals surface area contributed by atoms with E-state index in [1.807, 2.05) is 56.3 Å². The Balaban J connectivity index is 2.23. The number of nitrogens with zero attached hydrogens (tertiary/aromatic N) is 2. The Kier molecular flexibility index (Phi) is 3.45. The number of hydrogen-bond acceptors (Lipinski definition) is 2. The minimum Gasteiger partial charge on any atom is -0.296 e. The van der Waals surface area contributed by atoms with Gasteiger partial charge in [-0.25, -0.2) is 4.79 Å². The average Bonchev–Trinajstić information content (AvgIpc) is 2.51. The Labute approximate surface area is 128 Å². The van der Waals surface area contributed by atoms with Gasteiger partial charge in [0.2, 0.25) is 0 Å². The van der Waals surface area contributed by atoms with E-state index in [4.69, 9.17) is 0 Å². The first-order valence-corrected chi connectivity index (χ1v) is 7.23. The fourth-order valence-electron chi connectivity index (χ4n) is 2.65. The first-order chi connectivity index (χ1) is 10.5. The summed E-state index contributed by atoms with van der Waals surface area (Å²) < 4.78 is 2.83. The van der Waals surface area contributed by atoms with Crippen molar-refractivity contribution in [3.05, 3.63) is 80.0 Å². The molecule has 0 radical (unpaired) electrons. The lowest BCUT2D eigenvalue weighted by atomic mass is 10.1. The smallest absolute Gasteiger partial charge is 0.296 e. The van der Waals surface area contributed by atoms with Gasteiger partial charge >= 0.3 is 5.69 Å². The lowest BCUT2D eigenvalue weighted by molar-refractivity contribution is 0.660. The summed E-state index contributed by atoms with van der Waals surface area (Å²) in [6, 6.07) is 13.4. The molecule has 0 saturated carbocycles. The predicted octanol–water partition coefficient (Wildman–Crippen LogP) is 2.37. The molecule has 1 heterocycles. The molecule has 0 bridgehead atoms. The highest BCUT2D eigenvalue weighted by molar-refractivity contribution is 5.78. The number of benzene rings is 2. The van der Waals surface area contributed by atoms with Crippen LogP contribution in [0.4, 0.5) is 0 Å². The highest BCUT2D eigenvalue weighted by Gasteiger charge is 2.11. The van der Waals surface area contributed by atoms with Crippen LogP contribution >= 0.6 is 0 Å². The van der Waals surface area contributed by atoms with E-state index in [2.05, 4.69) is 0 Å². The normalized spacial score (nSPS) is 11.0. The van der Waals surface area contributed by atoms with Gasteiger partial charge in [0, 0.05) is 7.05 Å². The molecular weight excluding hydrogens is 276 g/mol. The van der Waals surface area contributed by atoms with Crippen LogP contribution < -0.4 is 11.2 Å². The number of aromatic nitrogens is 2. The van der Waals surface area contributed by atoms with Crippen molar-refractivity contribution in [2.24, 2.45) is 7.05 Å². The highest BCUT2D eigenvalue weighted by atomic mass is 16.2. The van der Waals surface area contributed by atoms with E-state index < -0.39 is 0 Å². The van der Waals surface area contributed by atoms with Gasteiger partial charge in [-0.1, -0.05) is 41.5 Å². The number of hydrogen-bond donors (Lipinski definition) is 0. The topological polar surface area (TPSA) is 44.0 Å². The van der Waals surface area contributed by atoms with Gasteiger partial charge in [0.05, 0.1) is 17.4 Å². The molecule has 0 spiro atoms. The standard InChI is InChI=1S/C18H18N2O2/c1-12-4-7-14(8-5-12)11-20-17(21)15-10-13(2)6-9-16(15)19(3)18(20)22/h4-10H,11H2,1-3H3. The van der Waals surface area contributed by atoms with E-state index >= 15 is 0 Å². The molecule has 0 fully saturated rings. The largest absolute Gasteiger partial charge is 0.331 e. The molecule has 22 heavy (non-hydrogen) atoms. The number of aryl methyl sites for hydroxylation is 3. The molecule has 3 aromatic rings. The van der Waals surface area contributed by atoms with E-state index in [1.54, 1.807) is 7.05 Å². The molecule has 0 aliphatic carbocycles. The van der Waals surface area contributed by atoms with Crippen LogP contribution in [0.25, 0.3) is 10.9 Å². The second-order valence-corrected chi connectivity index (χ2v) is 5.74. The summed E-state index contributed by atoms with van der Waals surface area (Å²) in [5, 5.41) is 0.578. The van der Waals surface area contributed by atoms with Gasteiger partial charge in [-0.15, -0.1) is 0 Å². The molecule has 4 nitrogen and oxygen atoms in total. The van der Waals surface area contributed by atoms with Crippen LogP contribution in [0, 0.1) is 13.8 Å². The SMILES string of the molecule is Cc1ccc(Cn2c(=O)c3cc(C)ccc3n(C)c2=O)cc1. The summed E-state index contributed by atoms with van der Waals surface area (Å²) >= 11 is 0. The fourth-order valence-corrected chi connectivity index (χ4v) is 2.65. The van der Waals surface area contributed by atoms with Gasteiger partial charge in [-0.3, -0.25) is 13.9 Å².